The molecule has 4 heterocycles. The van der Waals surface area contributed by atoms with Crippen LogP contribution in [0.25, 0.3) is 44.6 Å². The topological polar surface area (TPSA) is 428 Å². The molecule has 29 heteroatoms. The molecule has 2 saturated heterocycles. The van der Waals surface area contributed by atoms with Gasteiger partial charge in [-0.05, 0) is 43.3 Å². The minimum atomic E-state index is -2.16. The number of aliphatic hydroxyl groups is 7. The summed E-state index contributed by atoms with van der Waals surface area (Å²) in [5.41, 5.74) is -3.84. The fraction of sp³-hybridized carbons (Fsp3) is 0.407. The summed E-state index contributed by atoms with van der Waals surface area (Å²) in [6.45, 7) is -0.467. The van der Waals surface area contributed by atoms with E-state index in [1.54, 1.807) is 0 Å². The minimum absolute atomic E-state index is 0.0358. The molecule has 11 N–H and O–H groups in total. The molecule has 2 aliphatic heterocycles. The lowest BCUT2D eigenvalue weighted by Crippen LogP contribution is -2.60. The summed E-state index contributed by atoms with van der Waals surface area (Å²) in [5, 5.41) is 118. The summed E-state index contributed by atoms with van der Waals surface area (Å²) in [6, 6.07) is 10.2. The number of aromatic hydroxyl groups is 4. The Hall–Kier alpha value is -8.52. The molecule has 8 rings (SSSR count). The third-order valence-electron chi connectivity index (χ3n) is 13.5. The van der Waals surface area contributed by atoms with Crippen molar-refractivity contribution >= 4 is 33.9 Å². The predicted octanol–water partition coefficient (Wildman–Crippen LogP) is 0.798. The number of esters is 2. The van der Waals surface area contributed by atoms with Crippen molar-refractivity contribution in [2.24, 2.45) is 0 Å². The fourth-order valence-electron chi connectivity index (χ4n) is 9.20. The number of carbonyl (C=O) groups excluding carboxylic acids is 2. The van der Waals surface area contributed by atoms with Crippen molar-refractivity contribution in [3.05, 3.63) is 69.0 Å². The van der Waals surface area contributed by atoms with Crippen molar-refractivity contribution in [2.45, 2.75) is 86.8 Å². The molecule has 0 aliphatic carbocycles. The summed E-state index contributed by atoms with van der Waals surface area (Å²) in [7, 11) is 7.21. The van der Waals surface area contributed by atoms with Crippen molar-refractivity contribution in [1.29, 1.82) is 0 Å². The molecule has 0 spiro atoms. The average molecular weight is 1170 g/mol. The highest BCUT2D eigenvalue weighted by atomic mass is 16.7. The van der Waals surface area contributed by atoms with Crippen molar-refractivity contribution < 1.29 is 131 Å². The zero-order valence-electron chi connectivity index (χ0n) is 45.0. The second-order valence-corrected chi connectivity index (χ2v) is 19.1. The normalized spacial score (nSPS) is 23.2. The molecule has 2 fully saturated rings. The highest BCUT2D eigenvalue weighted by Gasteiger charge is 2.48. The third kappa shape index (κ3) is 11.9. The molecule has 10 atom stereocenters. The zero-order chi connectivity index (χ0) is 60.5. The van der Waals surface area contributed by atoms with Gasteiger partial charge in [0.05, 0.1) is 61.1 Å². The maximum absolute atomic E-state index is 13.2. The Morgan fingerprint density at radius 2 is 0.843 bits per heavy atom. The van der Waals surface area contributed by atoms with E-state index in [1.165, 1.54) is 64.8 Å². The van der Waals surface area contributed by atoms with Gasteiger partial charge in [-0.2, -0.15) is 0 Å². The number of hydrogen-bond donors (Lipinski definition) is 11. The van der Waals surface area contributed by atoms with Gasteiger partial charge in [-0.3, -0.25) is 19.2 Å². The molecule has 29 nitrogen and oxygen atoms in total. The first kappa shape index (κ1) is 60.6. The lowest BCUT2D eigenvalue weighted by molar-refractivity contribution is -0.279. The predicted molar refractivity (Wildman–Crippen MR) is 278 cm³/mol. The van der Waals surface area contributed by atoms with Crippen LogP contribution in [0.15, 0.2) is 67.0 Å². The number of aliphatic hydroxyl groups excluding tert-OH is 6. The van der Waals surface area contributed by atoms with E-state index in [9.17, 15) is 75.3 Å². The molecular formula is C54H58O29. The summed E-state index contributed by atoms with van der Waals surface area (Å²) in [6.07, 6.45) is -19.7. The van der Waals surface area contributed by atoms with Crippen LogP contribution in [0.3, 0.4) is 0 Å². The average Bonchev–Trinajstić information content (AvgIpc) is 2.58. The van der Waals surface area contributed by atoms with Crippen LogP contribution < -0.4 is 48.8 Å². The van der Waals surface area contributed by atoms with Crippen LogP contribution in [0.1, 0.15) is 19.8 Å². The standard InChI is InChI=1S/C54H58O29/c1-54(69,16-32(57)76-18-30-36(59)40(63)42(65)52(82-30)80-24-10-8-20(12-28(24)70-2)26-14-22(55)34-38(61)48(72-4)44(67)50(74-6)46(34)78-26)17-33(58)77-19-31-37(60)41(64)43(66)53(83-31)81-25-11-9-21(13-29(25)71-3)27-15-23(56)35-39(62)49(73-5)45(68)51(75-7)47(35)79-27/h8-15,30-31,36-37,40-43,52-53,59-69H,16-19H2,1-7H3. The van der Waals surface area contributed by atoms with E-state index in [2.05, 4.69) is 0 Å². The zero-order valence-corrected chi connectivity index (χ0v) is 45.0. The van der Waals surface area contributed by atoms with E-state index in [-0.39, 0.29) is 79.1 Å². The summed E-state index contributed by atoms with van der Waals surface area (Å²) >= 11 is 0. The van der Waals surface area contributed by atoms with Crippen molar-refractivity contribution in [3.63, 3.8) is 0 Å². The van der Waals surface area contributed by atoms with Crippen molar-refractivity contribution in [1.82, 2.24) is 0 Å². The Morgan fingerprint density at radius 3 is 1.18 bits per heavy atom. The number of hydrogen-bond acceptors (Lipinski definition) is 29. The Kier molecular flexibility index (Phi) is 17.9. The highest BCUT2D eigenvalue weighted by molar-refractivity contribution is 5.96. The van der Waals surface area contributed by atoms with Crippen LogP contribution in [-0.4, -0.2) is 191 Å². The van der Waals surface area contributed by atoms with Gasteiger partial charge in [-0.15, -0.1) is 0 Å². The van der Waals surface area contributed by atoms with E-state index in [0.29, 0.717) is 0 Å². The van der Waals surface area contributed by atoms with E-state index < -0.39 is 150 Å². The number of methoxy groups -OCH3 is 6. The molecule has 0 amide bonds. The maximum Gasteiger partial charge on any atom is 0.308 e. The molecule has 2 aromatic heterocycles. The lowest BCUT2D eigenvalue weighted by Gasteiger charge is -2.40. The first-order valence-corrected chi connectivity index (χ1v) is 24.8. The number of benzene rings is 4. The van der Waals surface area contributed by atoms with Crippen LogP contribution >= 0.6 is 0 Å². The molecule has 448 valence electrons. The second kappa shape index (κ2) is 24.5. The Bertz CT molecular complexity index is 3290. The monoisotopic (exact) mass is 1170 g/mol. The number of phenols is 4. The van der Waals surface area contributed by atoms with Gasteiger partial charge in [0.2, 0.25) is 47.1 Å². The molecule has 2 aliphatic rings. The van der Waals surface area contributed by atoms with Gasteiger partial charge in [-0.1, -0.05) is 0 Å². The minimum Gasteiger partial charge on any atom is -0.504 e. The summed E-state index contributed by atoms with van der Waals surface area (Å²) in [5.74, 6) is -6.82. The quantitative estimate of drug-likeness (QED) is 0.0471. The number of ether oxygens (including phenoxy) is 12. The van der Waals surface area contributed by atoms with Crippen LogP contribution in [-0.2, 0) is 28.5 Å². The SMILES string of the molecule is COc1cc(-c2cc(=O)c3c(O)c(OC)c(O)c(OC)c3o2)ccc1OC1OC(COC(=O)CC(C)(O)CC(=O)OCC2OC(Oc3ccc(-c4cc(=O)c5c(O)c(OC)c(O)c(OC)c5o4)cc3OC)C(O)C(O)C2O)C(O)C(O)C1O. The van der Waals surface area contributed by atoms with E-state index in [1.807, 2.05) is 0 Å². The molecule has 4 aromatic carbocycles. The molecule has 10 unspecified atom stereocenters. The Labute approximate surface area is 467 Å². The molecule has 0 saturated carbocycles. The van der Waals surface area contributed by atoms with Gasteiger partial charge in [0.15, 0.2) is 56.5 Å². The van der Waals surface area contributed by atoms with Gasteiger partial charge in [0.25, 0.3) is 0 Å². The van der Waals surface area contributed by atoms with Gasteiger partial charge in [0.1, 0.15) is 84.3 Å². The van der Waals surface area contributed by atoms with Crippen LogP contribution in [0.2, 0.25) is 0 Å². The third-order valence-corrected chi connectivity index (χ3v) is 13.5. The van der Waals surface area contributed by atoms with E-state index in [0.717, 1.165) is 33.3 Å². The lowest BCUT2D eigenvalue weighted by atomic mass is 9.97. The van der Waals surface area contributed by atoms with Gasteiger partial charge in [-0.25, -0.2) is 0 Å². The van der Waals surface area contributed by atoms with Gasteiger partial charge >= 0.3 is 11.9 Å². The van der Waals surface area contributed by atoms with Crippen LogP contribution in [0, 0.1) is 0 Å². The molecule has 0 radical (unpaired) electrons. The van der Waals surface area contributed by atoms with E-state index in [4.69, 9.17) is 65.7 Å². The Balaban J connectivity index is 0.860. The second-order valence-electron chi connectivity index (χ2n) is 19.1. The van der Waals surface area contributed by atoms with Gasteiger partial charge in [0, 0.05) is 23.3 Å². The maximum atomic E-state index is 13.2. The largest absolute Gasteiger partial charge is 0.504 e. The highest BCUT2D eigenvalue weighted by Crippen LogP contribution is 2.51. The first-order valence-electron chi connectivity index (χ1n) is 24.8. The fourth-order valence-corrected chi connectivity index (χ4v) is 9.20. The molecule has 83 heavy (non-hydrogen) atoms. The summed E-state index contributed by atoms with van der Waals surface area (Å²) in [4.78, 5) is 52.5. The number of carbonyl (C=O) groups is 2. The van der Waals surface area contributed by atoms with Crippen LogP contribution in [0.4, 0.5) is 0 Å². The molecule has 0 bridgehead atoms. The van der Waals surface area contributed by atoms with Crippen molar-refractivity contribution in [3.8, 4) is 91.6 Å². The van der Waals surface area contributed by atoms with Gasteiger partial charge < -0.3 is 122 Å². The Morgan fingerprint density at radius 1 is 0.482 bits per heavy atom. The van der Waals surface area contributed by atoms with E-state index >= 15 is 0 Å². The van der Waals surface area contributed by atoms with Crippen LogP contribution in [0.5, 0.6) is 69.0 Å². The molecular weight excluding hydrogens is 1110 g/mol. The van der Waals surface area contributed by atoms with Crippen molar-refractivity contribution in [2.75, 3.05) is 55.9 Å². The molecule has 6 aromatic rings. The summed E-state index contributed by atoms with van der Waals surface area (Å²) < 4.78 is 76.7. The number of fused-ring (bicyclic) bond motifs is 2. The number of rotatable bonds is 20. The smallest absolute Gasteiger partial charge is 0.308 e. The first-order chi connectivity index (χ1) is 39.4. The number of phenolic OH excluding ortho intramolecular Hbond substituents is 4.